The summed E-state index contributed by atoms with van der Waals surface area (Å²) in [5, 5.41) is 11.3. The van der Waals surface area contributed by atoms with E-state index in [1.54, 1.807) is 20.2 Å². The van der Waals surface area contributed by atoms with E-state index in [4.69, 9.17) is 4.74 Å². The number of aryl methyl sites for hydroxylation is 1. The molecule has 3 rings (SSSR count). The summed E-state index contributed by atoms with van der Waals surface area (Å²) >= 11 is 0. The van der Waals surface area contributed by atoms with Crippen LogP contribution in [0.1, 0.15) is 29.2 Å². The number of aliphatic imine (C=N–C) groups is 1. The molecule has 158 valence electrons. The minimum atomic E-state index is -0.177. The summed E-state index contributed by atoms with van der Waals surface area (Å²) in [6, 6.07) is 5.43. The number of ether oxygens (including phenoxy) is 1. The molecule has 2 N–H and O–H groups in total. The molecule has 2 aromatic rings. The van der Waals surface area contributed by atoms with Crippen LogP contribution in [0, 0.1) is 5.82 Å². The van der Waals surface area contributed by atoms with Gasteiger partial charge >= 0.3 is 0 Å². The standard InChI is InChI=1S/C20H30FN7O/c1-22-20(23-10-14-5-7-17(21)15(9-14)11-27(2)3)24-16-6-8-19-25-18(13-29-4)26-28(19)12-16/h5,7,9,16H,6,8,10-13H2,1-4H3,(H2,22,23,24). The Hall–Kier alpha value is -2.52. The lowest BCUT2D eigenvalue weighted by Crippen LogP contribution is -2.46. The van der Waals surface area contributed by atoms with Crippen molar-refractivity contribution in [2.45, 2.75) is 45.1 Å². The second-order valence-corrected chi connectivity index (χ2v) is 7.53. The molecular formula is C20H30FN7O. The molecule has 29 heavy (non-hydrogen) atoms. The van der Waals surface area contributed by atoms with Gasteiger partial charge in [-0.15, -0.1) is 0 Å². The van der Waals surface area contributed by atoms with Gasteiger partial charge in [0.25, 0.3) is 0 Å². The van der Waals surface area contributed by atoms with Gasteiger partial charge in [-0.1, -0.05) is 6.07 Å². The third-order valence-corrected chi connectivity index (χ3v) is 4.80. The Morgan fingerprint density at radius 1 is 1.41 bits per heavy atom. The molecule has 2 heterocycles. The van der Waals surface area contributed by atoms with Crippen LogP contribution in [0.25, 0.3) is 0 Å². The summed E-state index contributed by atoms with van der Waals surface area (Å²) in [5.41, 5.74) is 1.70. The average molecular weight is 404 g/mol. The first-order chi connectivity index (χ1) is 14.0. The molecule has 8 nitrogen and oxygen atoms in total. The van der Waals surface area contributed by atoms with E-state index in [0.29, 0.717) is 31.2 Å². The zero-order chi connectivity index (χ0) is 20.8. The zero-order valence-electron chi connectivity index (χ0n) is 17.6. The lowest BCUT2D eigenvalue weighted by Gasteiger charge is -2.25. The molecule has 0 radical (unpaired) electrons. The van der Waals surface area contributed by atoms with Gasteiger partial charge < -0.3 is 20.3 Å². The van der Waals surface area contributed by atoms with Gasteiger partial charge in [0.1, 0.15) is 18.2 Å². The van der Waals surface area contributed by atoms with Crippen molar-refractivity contribution in [2.24, 2.45) is 4.99 Å². The minimum Gasteiger partial charge on any atom is -0.377 e. The fraction of sp³-hybridized carbons (Fsp3) is 0.550. The van der Waals surface area contributed by atoms with Crippen LogP contribution in [0.3, 0.4) is 0 Å². The molecule has 0 saturated heterocycles. The highest BCUT2D eigenvalue weighted by molar-refractivity contribution is 5.79. The van der Waals surface area contributed by atoms with E-state index < -0.39 is 0 Å². The van der Waals surface area contributed by atoms with E-state index in [2.05, 4.69) is 25.7 Å². The van der Waals surface area contributed by atoms with Crippen molar-refractivity contribution >= 4 is 5.96 Å². The lowest BCUT2D eigenvalue weighted by molar-refractivity contribution is 0.177. The number of rotatable bonds is 7. The fourth-order valence-corrected chi connectivity index (χ4v) is 3.44. The van der Waals surface area contributed by atoms with Gasteiger partial charge in [-0.05, 0) is 38.2 Å². The largest absolute Gasteiger partial charge is 0.377 e. The van der Waals surface area contributed by atoms with Crippen LogP contribution in [0.15, 0.2) is 23.2 Å². The molecular weight excluding hydrogens is 373 g/mol. The highest BCUT2D eigenvalue weighted by Crippen LogP contribution is 2.14. The third-order valence-electron chi connectivity index (χ3n) is 4.80. The number of hydrogen-bond acceptors (Lipinski definition) is 5. The maximum atomic E-state index is 14.0. The van der Waals surface area contributed by atoms with Crippen molar-refractivity contribution in [2.75, 3.05) is 28.3 Å². The van der Waals surface area contributed by atoms with Crippen molar-refractivity contribution in [3.63, 3.8) is 0 Å². The van der Waals surface area contributed by atoms with Crippen LogP contribution in [0.4, 0.5) is 4.39 Å². The van der Waals surface area contributed by atoms with E-state index in [9.17, 15) is 4.39 Å². The number of aromatic nitrogens is 3. The molecule has 0 saturated carbocycles. The van der Waals surface area contributed by atoms with Crippen LogP contribution in [-0.2, 0) is 37.4 Å². The summed E-state index contributed by atoms with van der Waals surface area (Å²) in [7, 11) is 7.25. The summed E-state index contributed by atoms with van der Waals surface area (Å²) in [5.74, 6) is 2.26. The topological polar surface area (TPSA) is 79.6 Å². The monoisotopic (exact) mass is 403 g/mol. The van der Waals surface area contributed by atoms with Crippen LogP contribution < -0.4 is 10.6 Å². The molecule has 1 unspecified atom stereocenters. The molecule has 9 heteroatoms. The predicted octanol–water partition coefficient (Wildman–Crippen LogP) is 1.31. The van der Waals surface area contributed by atoms with Gasteiger partial charge in [-0.2, -0.15) is 5.10 Å². The van der Waals surface area contributed by atoms with Crippen LogP contribution in [-0.4, -0.2) is 59.9 Å². The van der Waals surface area contributed by atoms with E-state index in [1.807, 2.05) is 29.7 Å². The van der Waals surface area contributed by atoms with Crippen molar-refractivity contribution < 1.29 is 9.13 Å². The smallest absolute Gasteiger partial charge is 0.191 e. The van der Waals surface area contributed by atoms with Crippen molar-refractivity contribution in [1.82, 2.24) is 30.3 Å². The van der Waals surface area contributed by atoms with Gasteiger partial charge in [0.15, 0.2) is 11.8 Å². The number of hydrogen-bond donors (Lipinski definition) is 2. The number of fused-ring (bicyclic) bond motifs is 1. The first-order valence-corrected chi connectivity index (χ1v) is 9.79. The number of methoxy groups -OCH3 is 1. The van der Waals surface area contributed by atoms with E-state index >= 15 is 0 Å². The summed E-state index contributed by atoms with van der Waals surface area (Å²) in [4.78, 5) is 10.8. The number of benzene rings is 1. The van der Waals surface area contributed by atoms with Crippen LogP contribution in [0.5, 0.6) is 0 Å². The number of guanidine groups is 1. The number of nitrogens with zero attached hydrogens (tertiary/aromatic N) is 5. The fourth-order valence-electron chi connectivity index (χ4n) is 3.44. The van der Waals surface area contributed by atoms with Gasteiger partial charge in [-0.25, -0.2) is 14.1 Å². The van der Waals surface area contributed by atoms with Crippen LogP contribution in [0.2, 0.25) is 0 Å². The molecule has 1 aromatic heterocycles. The highest BCUT2D eigenvalue weighted by Gasteiger charge is 2.22. The van der Waals surface area contributed by atoms with Crippen molar-refractivity contribution in [3.05, 3.63) is 46.8 Å². The lowest BCUT2D eigenvalue weighted by atomic mass is 10.1. The summed E-state index contributed by atoms with van der Waals surface area (Å²) in [6.07, 6.45) is 1.81. The van der Waals surface area contributed by atoms with Gasteiger partial charge in [0, 0.05) is 45.3 Å². The molecule has 0 spiro atoms. The SMILES string of the molecule is CN=C(NCc1ccc(F)c(CN(C)C)c1)NC1CCc2nc(COC)nn2C1. The van der Waals surface area contributed by atoms with Crippen molar-refractivity contribution in [3.8, 4) is 0 Å². The maximum Gasteiger partial charge on any atom is 0.191 e. The van der Waals surface area contributed by atoms with Gasteiger partial charge in [0.2, 0.25) is 0 Å². The van der Waals surface area contributed by atoms with E-state index in [1.165, 1.54) is 6.07 Å². The van der Waals surface area contributed by atoms with E-state index in [-0.39, 0.29) is 11.9 Å². The van der Waals surface area contributed by atoms with E-state index in [0.717, 1.165) is 36.6 Å². The Kier molecular flexibility index (Phi) is 7.16. The molecule has 0 aliphatic carbocycles. The Labute approximate surface area is 171 Å². The Bertz CT molecular complexity index is 849. The summed E-state index contributed by atoms with van der Waals surface area (Å²) < 4.78 is 21.0. The summed E-state index contributed by atoms with van der Waals surface area (Å²) in [6.45, 7) is 2.30. The molecule has 1 aliphatic heterocycles. The first kappa shape index (κ1) is 21.2. The van der Waals surface area contributed by atoms with Crippen LogP contribution >= 0.6 is 0 Å². The Balaban J connectivity index is 1.56. The quantitative estimate of drug-likeness (QED) is 0.536. The Morgan fingerprint density at radius 3 is 2.97 bits per heavy atom. The highest BCUT2D eigenvalue weighted by atomic mass is 19.1. The number of halogens is 1. The molecule has 0 fully saturated rings. The normalized spacial score (nSPS) is 16.8. The molecule has 1 aliphatic rings. The zero-order valence-corrected chi connectivity index (χ0v) is 17.6. The van der Waals surface area contributed by atoms with Gasteiger partial charge in [0.05, 0.1) is 6.54 Å². The predicted molar refractivity (Wildman–Crippen MR) is 110 cm³/mol. The number of nitrogens with one attached hydrogen (secondary N) is 2. The molecule has 1 aromatic carbocycles. The second kappa shape index (κ2) is 9.80. The molecule has 1 atom stereocenters. The maximum absolute atomic E-state index is 14.0. The first-order valence-electron chi connectivity index (χ1n) is 9.79. The minimum absolute atomic E-state index is 0.177. The third kappa shape index (κ3) is 5.74. The second-order valence-electron chi connectivity index (χ2n) is 7.53. The van der Waals surface area contributed by atoms with Gasteiger partial charge in [-0.3, -0.25) is 4.99 Å². The molecule has 0 amide bonds. The van der Waals surface area contributed by atoms with Crippen molar-refractivity contribution in [1.29, 1.82) is 0 Å². The molecule has 0 bridgehead atoms. The average Bonchev–Trinajstić information content (AvgIpc) is 3.09. The Morgan fingerprint density at radius 2 is 2.24 bits per heavy atom.